The lowest BCUT2D eigenvalue weighted by atomic mass is 10.2. The van der Waals surface area contributed by atoms with Gasteiger partial charge in [-0.2, -0.15) is 4.98 Å². The zero-order valence-electron chi connectivity index (χ0n) is 9.73. The van der Waals surface area contributed by atoms with Gasteiger partial charge in [0, 0.05) is 19.5 Å². The Kier molecular flexibility index (Phi) is 2.80. The Morgan fingerprint density at radius 2 is 2.31 bits per heavy atom. The maximum atomic E-state index is 11.6. The Bertz CT molecular complexity index is 388. The van der Waals surface area contributed by atoms with Crippen LogP contribution in [0.15, 0.2) is 4.52 Å². The standard InChI is InChI=1S/C10H16N4O2/c1-6(2)8-12-10(16-13-8)11-7-4-5-14(3)9(7)15/h6-7H,4-5H2,1-3H3,(H,11,12,13). The Hall–Kier alpha value is -1.59. The summed E-state index contributed by atoms with van der Waals surface area (Å²) in [7, 11) is 1.79. The van der Waals surface area contributed by atoms with E-state index in [4.69, 9.17) is 4.52 Å². The molecule has 0 bridgehead atoms. The van der Waals surface area contributed by atoms with Gasteiger partial charge in [-0.05, 0) is 6.42 Å². The first kappa shape index (κ1) is 10.9. The first-order chi connectivity index (χ1) is 7.58. The molecule has 0 aromatic carbocycles. The monoisotopic (exact) mass is 224 g/mol. The van der Waals surface area contributed by atoms with Gasteiger partial charge in [0.1, 0.15) is 6.04 Å². The molecule has 1 aliphatic rings. The molecule has 88 valence electrons. The summed E-state index contributed by atoms with van der Waals surface area (Å²) in [6.07, 6.45) is 0.773. The molecule has 1 aromatic rings. The number of anilines is 1. The highest BCUT2D eigenvalue weighted by Gasteiger charge is 2.30. The number of likely N-dealkylation sites (tertiary alicyclic amines) is 1. The second-order valence-electron chi connectivity index (χ2n) is 4.36. The smallest absolute Gasteiger partial charge is 0.322 e. The van der Waals surface area contributed by atoms with E-state index in [-0.39, 0.29) is 17.9 Å². The van der Waals surface area contributed by atoms with E-state index in [1.165, 1.54) is 0 Å². The highest BCUT2D eigenvalue weighted by atomic mass is 16.5. The van der Waals surface area contributed by atoms with Gasteiger partial charge < -0.3 is 14.7 Å². The predicted octanol–water partition coefficient (Wildman–Crippen LogP) is 0.836. The van der Waals surface area contributed by atoms with Crippen molar-refractivity contribution in [1.29, 1.82) is 0 Å². The highest BCUT2D eigenvalue weighted by molar-refractivity contribution is 5.85. The lowest BCUT2D eigenvalue weighted by molar-refractivity contribution is -0.127. The van der Waals surface area contributed by atoms with E-state index in [0.29, 0.717) is 11.8 Å². The Balaban J connectivity index is 2.01. The van der Waals surface area contributed by atoms with Crippen LogP contribution in [-0.2, 0) is 4.79 Å². The summed E-state index contributed by atoms with van der Waals surface area (Å²) >= 11 is 0. The first-order valence-electron chi connectivity index (χ1n) is 5.43. The molecule has 16 heavy (non-hydrogen) atoms. The third kappa shape index (κ3) is 2.00. The number of hydrogen-bond donors (Lipinski definition) is 1. The van der Waals surface area contributed by atoms with E-state index in [9.17, 15) is 4.79 Å². The second-order valence-corrected chi connectivity index (χ2v) is 4.36. The molecular formula is C10H16N4O2. The van der Waals surface area contributed by atoms with E-state index < -0.39 is 0 Å². The molecule has 1 aliphatic heterocycles. The Labute approximate surface area is 94.0 Å². The van der Waals surface area contributed by atoms with Crippen molar-refractivity contribution in [2.24, 2.45) is 0 Å². The molecule has 1 aromatic heterocycles. The lowest BCUT2D eigenvalue weighted by Crippen LogP contribution is -2.31. The summed E-state index contributed by atoms with van der Waals surface area (Å²) < 4.78 is 5.03. The van der Waals surface area contributed by atoms with Crippen LogP contribution in [0.2, 0.25) is 0 Å². The molecule has 1 saturated heterocycles. The number of nitrogens with one attached hydrogen (secondary N) is 1. The topological polar surface area (TPSA) is 71.3 Å². The summed E-state index contributed by atoms with van der Waals surface area (Å²) in [5, 5.41) is 6.79. The molecule has 0 spiro atoms. The molecular weight excluding hydrogens is 208 g/mol. The summed E-state index contributed by atoms with van der Waals surface area (Å²) in [6.45, 7) is 4.74. The largest absolute Gasteiger partial charge is 0.344 e. The molecule has 1 N–H and O–H groups in total. The van der Waals surface area contributed by atoms with Crippen molar-refractivity contribution in [3.63, 3.8) is 0 Å². The summed E-state index contributed by atoms with van der Waals surface area (Å²) in [6, 6.07) is 0.0998. The maximum absolute atomic E-state index is 11.6. The van der Waals surface area contributed by atoms with Gasteiger partial charge in [0.2, 0.25) is 5.91 Å². The van der Waals surface area contributed by atoms with Crippen LogP contribution in [0.5, 0.6) is 0 Å². The number of aromatic nitrogens is 2. The SMILES string of the molecule is CC(C)c1noc(NC2CCN(C)C2=O)n1. The van der Waals surface area contributed by atoms with Crippen molar-refractivity contribution >= 4 is 11.9 Å². The van der Waals surface area contributed by atoms with Crippen molar-refractivity contribution < 1.29 is 9.32 Å². The molecule has 6 nitrogen and oxygen atoms in total. The molecule has 1 unspecified atom stereocenters. The van der Waals surface area contributed by atoms with Crippen LogP contribution in [0.1, 0.15) is 32.0 Å². The summed E-state index contributed by atoms with van der Waals surface area (Å²) in [5.41, 5.74) is 0. The fourth-order valence-electron chi connectivity index (χ4n) is 1.63. The summed E-state index contributed by atoms with van der Waals surface area (Å²) in [5.74, 6) is 0.951. The summed E-state index contributed by atoms with van der Waals surface area (Å²) in [4.78, 5) is 17.5. The molecule has 0 radical (unpaired) electrons. The van der Waals surface area contributed by atoms with Crippen LogP contribution in [0.4, 0.5) is 6.01 Å². The van der Waals surface area contributed by atoms with Gasteiger partial charge in [-0.3, -0.25) is 4.79 Å². The number of hydrogen-bond acceptors (Lipinski definition) is 5. The normalized spacial score (nSPS) is 20.9. The second kappa shape index (κ2) is 4.11. The maximum Gasteiger partial charge on any atom is 0.322 e. The van der Waals surface area contributed by atoms with Gasteiger partial charge in [0.05, 0.1) is 0 Å². The number of likely N-dealkylation sites (N-methyl/N-ethyl adjacent to an activating group) is 1. The highest BCUT2D eigenvalue weighted by Crippen LogP contribution is 2.17. The van der Waals surface area contributed by atoms with Crippen molar-refractivity contribution in [3.05, 3.63) is 5.82 Å². The van der Waals surface area contributed by atoms with Crippen LogP contribution >= 0.6 is 0 Å². The fourth-order valence-corrected chi connectivity index (χ4v) is 1.63. The van der Waals surface area contributed by atoms with Crippen LogP contribution < -0.4 is 5.32 Å². The third-order valence-corrected chi connectivity index (χ3v) is 2.68. The van der Waals surface area contributed by atoms with E-state index in [0.717, 1.165) is 13.0 Å². The van der Waals surface area contributed by atoms with Gasteiger partial charge in [-0.25, -0.2) is 0 Å². The zero-order chi connectivity index (χ0) is 11.7. The quantitative estimate of drug-likeness (QED) is 0.823. The number of rotatable bonds is 3. The van der Waals surface area contributed by atoms with Gasteiger partial charge in [-0.15, -0.1) is 0 Å². The Morgan fingerprint density at radius 1 is 1.56 bits per heavy atom. The minimum absolute atomic E-state index is 0.0734. The third-order valence-electron chi connectivity index (χ3n) is 2.68. The number of carbonyl (C=O) groups excluding carboxylic acids is 1. The number of carbonyl (C=O) groups is 1. The van der Waals surface area contributed by atoms with Crippen molar-refractivity contribution in [1.82, 2.24) is 15.0 Å². The van der Waals surface area contributed by atoms with Crippen molar-refractivity contribution in [3.8, 4) is 0 Å². The molecule has 2 heterocycles. The molecule has 1 amide bonds. The average Bonchev–Trinajstić information content (AvgIpc) is 2.81. The molecule has 0 aliphatic carbocycles. The van der Waals surface area contributed by atoms with Gasteiger partial charge >= 0.3 is 6.01 Å². The van der Waals surface area contributed by atoms with Crippen LogP contribution in [-0.4, -0.2) is 40.6 Å². The minimum atomic E-state index is -0.231. The lowest BCUT2D eigenvalue weighted by Gasteiger charge is -2.09. The number of amides is 1. The average molecular weight is 224 g/mol. The molecule has 0 saturated carbocycles. The van der Waals surface area contributed by atoms with Crippen molar-refractivity contribution in [2.75, 3.05) is 18.9 Å². The van der Waals surface area contributed by atoms with Gasteiger partial charge in [-0.1, -0.05) is 19.0 Å². The van der Waals surface area contributed by atoms with E-state index >= 15 is 0 Å². The van der Waals surface area contributed by atoms with E-state index in [1.54, 1.807) is 11.9 Å². The van der Waals surface area contributed by atoms with E-state index in [2.05, 4.69) is 15.5 Å². The molecule has 6 heteroatoms. The minimum Gasteiger partial charge on any atom is -0.344 e. The fraction of sp³-hybridized carbons (Fsp3) is 0.700. The Morgan fingerprint density at radius 3 is 2.81 bits per heavy atom. The van der Waals surface area contributed by atoms with Gasteiger partial charge in [0.25, 0.3) is 0 Å². The first-order valence-corrected chi connectivity index (χ1v) is 5.43. The number of nitrogens with zero attached hydrogens (tertiary/aromatic N) is 3. The van der Waals surface area contributed by atoms with Crippen LogP contribution in [0, 0.1) is 0 Å². The molecule has 2 rings (SSSR count). The molecule has 1 fully saturated rings. The predicted molar refractivity (Wildman–Crippen MR) is 58.1 cm³/mol. The van der Waals surface area contributed by atoms with Crippen LogP contribution in [0.3, 0.4) is 0 Å². The zero-order valence-corrected chi connectivity index (χ0v) is 9.73. The molecule has 1 atom stereocenters. The van der Waals surface area contributed by atoms with E-state index in [1.807, 2.05) is 13.8 Å². The van der Waals surface area contributed by atoms with Crippen molar-refractivity contribution in [2.45, 2.75) is 32.2 Å². The van der Waals surface area contributed by atoms with Crippen LogP contribution in [0.25, 0.3) is 0 Å². The van der Waals surface area contributed by atoms with Gasteiger partial charge in [0.15, 0.2) is 5.82 Å².